The zero-order valence-electron chi connectivity index (χ0n) is 23.7. The van der Waals surface area contributed by atoms with E-state index in [4.69, 9.17) is 0 Å². The van der Waals surface area contributed by atoms with E-state index in [0.29, 0.717) is 5.57 Å². The molecule has 1 aromatic rings. The maximum absolute atomic E-state index is 13.8. The van der Waals surface area contributed by atoms with Gasteiger partial charge in [0.15, 0.2) is 0 Å². The second-order valence-corrected chi connectivity index (χ2v) is 11.2. The molecule has 0 aliphatic carbocycles. The van der Waals surface area contributed by atoms with Crippen molar-refractivity contribution < 1.29 is 33.9 Å². The molecule has 0 fully saturated rings. The fraction of sp³-hybridized carbons (Fsp3) is 0.607. The molecule has 7 nitrogen and oxygen atoms in total. The van der Waals surface area contributed by atoms with Crippen molar-refractivity contribution in [2.75, 3.05) is 21.1 Å². The van der Waals surface area contributed by atoms with Crippen LogP contribution in [0.1, 0.15) is 61.0 Å². The van der Waals surface area contributed by atoms with Crippen LogP contribution >= 0.6 is 0 Å². The van der Waals surface area contributed by atoms with E-state index in [9.17, 15) is 14.4 Å². The summed E-state index contributed by atoms with van der Waals surface area (Å²) >= 11 is 0. The predicted octanol–water partition coefficient (Wildman–Crippen LogP) is 4.04. The Morgan fingerprint density at radius 2 is 1.53 bits per heavy atom. The van der Waals surface area contributed by atoms with E-state index in [1.165, 1.54) is 7.05 Å². The second kappa shape index (κ2) is 14.0. The molecule has 1 radical (unpaired) electrons. The number of benzene rings is 1. The Bertz CT molecular complexity index is 907. The van der Waals surface area contributed by atoms with Gasteiger partial charge in [-0.25, -0.2) is 0 Å². The van der Waals surface area contributed by atoms with E-state index in [-0.39, 0.29) is 49.2 Å². The number of hydrogen-bond acceptors (Lipinski definition) is 4. The van der Waals surface area contributed by atoms with Crippen molar-refractivity contribution in [1.29, 1.82) is 0 Å². The first-order valence-corrected chi connectivity index (χ1v) is 12.2. The zero-order valence-corrected chi connectivity index (χ0v) is 25.4. The molecule has 1 rings (SSSR count). The molecule has 0 bridgehead atoms. The third-order valence-corrected chi connectivity index (χ3v) is 6.63. The molecule has 0 aliphatic heterocycles. The standard InChI is InChI=1S/C28H46N4O3.Rh/c1-18(2)21(17-19(3)24(33)30-10)32(11)26(35)23(27(4,5)6)31-25(34)22(29-9)28(7,8)20-15-13-12-14-16-20;/h12-18,21-23,29H,1-11H3,(H2,30,31,33,34);/p-1/b19-17+;/t21-,22-,23-;/m1./s1. The van der Waals surface area contributed by atoms with Gasteiger partial charge in [0.25, 0.3) is 0 Å². The first-order valence-electron chi connectivity index (χ1n) is 12.2. The summed E-state index contributed by atoms with van der Waals surface area (Å²) < 4.78 is 0. The Labute approximate surface area is 231 Å². The van der Waals surface area contributed by atoms with Gasteiger partial charge in [-0.2, -0.15) is 0 Å². The molecule has 0 spiro atoms. The van der Waals surface area contributed by atoms with Gasteiger partial charge in [0, 0.05) is 31.9 Å². The van der Waals surface area contributed by atoms with Crippen molar-refractivity contribution in [3.63, 3.8) is 0 Å². The minimum Gasteiger partial charge on any atom is -0.652 e. The Hall–Kier alpha value is -2.05. The summed E-state index contributed by atoms with van der Waals surface area (Å²) in [5.74, 6) is -0.697. The predicted molar refractivity (Wildman–Crippen MR) is 143 cm³/mol. The fourth-order valence-corrected chi connectivity index (χ4v) is 4.33. The molecular formula is C28H45N4O3Rh-. The Balaban J connectivity index is 0.0000122. The van der Waals surface area contributed by atoms with Gasteiger partial charge in [0.2, 0.25) is 11.8 Å². The van der Waals surface area contributed by atoms with Crippen LogP contribution in [0.15, 0.2) is 42.0 Å². The zero-order chi connectivity index (χ0) is 27.1. The van der Waals surface area contributed by atoms with E-state index in [1.807, 2.05) is 78.8 Å². The summed E-state index contributed by atoms with van der Waals surface area (Å²) in [5.41, 5.74) is 0.464. The number of carbonyl (C=O) groups is 3. The molecule has 0 unspecified atom stereocenters. The summed E-state index contributed by atoms with van der Waals surface area (Å²) in [6.07, 6.45) is 1.79. The number of amides is 3. The van der Waals surface area contributed by atoms with Crippen LogP contribution in [0, 0.1) is 11.3 Å². The largest absolute Gasteiger partial charge is 0.652 e. The van der Waals surface area contributed by atoms with Crippen molar-refractivity contribution in [3.8, 4) is 0 Å². The minimum absolute atomic E-state index is 0. The van der Waals surface area contributed by atoms with E-state index in [0.717, 1.165) is 5.56 Å². The molecule has 2 N–H and O–H groups in total. The van der Waals surface area contributed by atoms with Gasteiger partial charge in [0.1, 0.15) is 6.04 Å². The van der Waals surface area contributed by atoms with Crippen molar-refractivity contribution in [3.05, 3.63) is 52.9 Å². The molecule has 36 heavy (non-hydrogen) atoms. The van der Waals surface area contributed by atoms with Crippen LogP contribution < -0.4 is 10.6 Å². The van der Waals surface area contributed by atoms with Crippen molar-refractivity contribution in [2.24, 2.45) is 11.3 Å². The van der Waals surface area contributed by atoms with Crippen molar-refractivity contribution in [2.45, 2.75) is 78.9 Å². The van der Waals surface area contributed by atoms with Crippen molar-refractivity contribution >= 4 is 17.7 Å². The smallest absolute Gasteiger partial charge is 0.245 e. The van der Waals surface area contributed by atoms with Crippen LogP contribution in [0.5, 0.6) is 0 Å². The molecule has 3 atom stereocenters. The van der Waals surface area contributed by atoms with Gasteiger partial charge >= 0.3 is 0 Å². The molecule has 0 saturated carbocycles. The maximum Gasteiger partial charge on any atom is 0.245 e. The summed E-state index contributed by atoms with van der Waals surface area (Å²) in [6.45, 7) is 15.5. The maximum atomic E-state index is 13.8. The fourth-order valence-electron chi connectivity index (χ4n) is 4.33. The van der Waals surface area contributed by atoms with Gasteiger partial charge < -0.3 is 25.6 Å². The molecule has 8 heteroatoms. The van der Waals surface area contributed by atoms with Crippen LogP contribution in [0.25, 0.3) is 5.32 Å². The monoisotopic (exact) mass is 588 g/mol. The molecule has 1 aromatic carbocycles. The normalized spacial score (nSPS) is 14.8. The van der Waals surface area contributed by atoms with Gasteiger partial charge in [-0.3, -0.25) is 9.59 Å². The van der Waals surface area contributed by atoms with E-state index in [1.54, 1.807) is 32.0 Å². The topological polar surface area (TPSA) is 92.6 Å². The van der Waals surface area contributed by atoms with E-state index < -0.39 is 22.9 Å². The number of rotatable bonds is 10. The van der Waals surface area contributed by atoms with Crippen LogP contribution in [0.3, 0.4) is 0 Å². The molecule has 3 amide bonds. The third kappa shape index (κ3) is 8.52. The quantitative estimate of drug-likeness (QED) is 0.319. The number of likely N-dealkylation sites (N-methyl/N-ethyl adjacent to an activating group) is 3. The first-order chi connectivity index (χ1) is 16.1. The van der Waals surface area contributed by atoms with Crippen LogP contribution in [-0.4, -0.2) is 61.9 Å². The van der Waals surface area contributed by atoms with Crippen LogP contribution in [0.4, 0.5) is 0 Å². The van der Waals surface area contributed by atoms with E-state index >= 15 is 0 Å². The molecule has 0 aliphatic rings. The number of nitrogens with zero attached hydrogens (tertiary/aromatic N) is 2. The third-order valence-electron chi connectivity index (χ3n) is 6.63. The van der Waals surface area contributed by atoms with Gasteiger partial charge in [-0.05, 0) is 36.4 Å². The average Bonchev–Trinajstić information content (AvgIpc) is 2.79. The van der Waals surface area contributed by atoms with Crippen molar-refractivity contribution in [1.82, 2.24) is 15.5 Å². The number of carbonyl (C=O) groups excluding carboxylic acids is 3. The Kier molecular flexibility index (Phi) is 13.2. The summed E-state index contributed by atoms with van der Waals surface area (Å²) in [5, 5.41) is 9.92. The van der Waals surface area contributed by atoms with Gasteiger partial charge in [-0.15, -0.1) is 7.05 Å². The molecule has 205 valence electrons. The van der Waals surface area contributed by atoms with Gasteiger partial charge in [0.05, 0.1) is 18.0 Å². The molecule has 0 saturated heterocycles. The van der Waals surface area contributed by atoms with Crippen LogP contribution in [-0.2, 0) is 39.3 Å². The summed E-state index contributed by atoms with van der Waals surface area (Å²) in [6, 6.07) is 8.22. The minimum atomic E-state index is -0.760. The first kappa shape index (κ1) is 34.0. The van der Waals surface area contributed by atoms with Crippen LogP contribution in [0.2, 0.25) is 0 Å². The molecule has 0 aromatic heterocycles. The second-order valence-electron chi connectivity index (χ2n) is 11.2. The number of nitrogens with one attached hydrogen (secondary N) is 2. The Morgan fingerprint density at radius 3 is 1.94 bits per heavy atom. The summed E-state index contributed by atoms with van der Waals surface area (Å²) in [7, 11) is 4.94. The molecule has 0 heterocycles. The average molecular weight is 589 g/mol. The molecular weight excluding hydrogens is 543 g/mol. The van der Waals surface area contributed by atoms with E-state index in [2.05, 4.69) is 16.0 Å². The summed E-state index contributed by atoms with van der Waals surface area (Å²) in [4.78, 5) is 41.0. The van der Waals surface area contributed by atoms with Gasteiger partial charge in [-0.1, -0.05) is 84.9 Å². The number of hydrogen-bond donors (Lipinski definition) is 2. The Morgan fingerprint density at radius 1 is 1.00 bits per heavy atom. The SMILES string of the molecule is C[N-]C(=O)/C(C)=C/[C@H](C(C)C)N(C)C(=O)[C@@H](NC(=O)[C@@H](NC)C(C)(C)c1ccccc1)C(C)(C)C.[Rh].